The number of hydrogen-bond acceptors (Lipinski definition) is 5. The minimum Gasteiger partial charge on any atom is -0.324 e. The first-order chi connectivity index (χ1) is 13.5. The Bertz CT molecular complexity index is 848. The summed E-state index contributed by atoms with van der Waals surface area (Å²) >= 11 is 0. The number of nitrogens with zero attached hydrogens (tertiary/aromatic N) is 4. The van der Waals surface area contributed by atoms with Crippen LogP contribution in [0.5, 0.6) is 0 Å². The van der Waals surface area contributed by atoms with Gasteiger partial charge in [0.15, 0.2) is 0 Å². The Balaban J connectivity index is 1.78. The number of carbonyl (C=O) groups is 1. The number of hydrazine groups is 1. The summed E-state index contributed by atoms with van der Waals surface area (Å²) in [5.41, 5.74) is 6.94. The third-order valence-corrected chi connectivity index (χ3v) is 6.31. The summed E-state index contributed by atoms with van der Waals surface area (Å²) in [6.45, 7) is 6.62. The van der Waals surface area contributed by atoms with Crippen LogP contribution in [0.25, 0.3) is 5.57 Å². The molecule has 4 rings (SSSR count). The number of benzene rings is 1. The van der Waals surface area contributed by atoms with Crippen molar-refractivity contribution in [1.29, 1.82) is 0 Å². The van der Waals surface area contributed by atoms with E-state index in [1.807, 2.05) is 19.9 Å². The topological polar surface area (TPSA) is 82.0 Å². The van der Waals surface area contributed by atoms with Gasteiger partial charge in [0.2, 0.25) is 0 Å². The molecular weight excluding hydrogens is 358 g/mol. The Morgan fingerprint density at radius 1 is 1.36 bits per heavy atom. The van der Waals surface area contributed by atoms with E-state index in [1.54, 1.807) is 16.0 Å². The first-order valence-corrected chi connectivity index (χ1v) is 10.0. The van der Waals surface area contributed by atoms with Crippen LogP contribution in [0.4, 0.5) is 16.2 Å². The summed E-state index contributed by atoms with van der Waals surface area (Å²) in [5.74, 6) is 0.171. The van der Waals surface area contributed by atoms with Crippen molar-refractivity contribution in [3.63, 3.8) is 0 Å². The number of nitrogens with one attached hydrogen (secondary N) is 1. The van der Waals surface area contributed by atoms with Crippen LogP contribution in [0.3, 0.4) is 0 Å². The molecule has 0 aromatic heterocycles. The normalized spacial score (nSPS) is 23.0. The molecule has 0 fully saturated rings. The fourth-order valence-corrected chi connectivity index (χ4v) is 4.91. The molecule has 2 atom stereocenters. The van der Waals surface area contributed by atoms with Crippen LogP contribution in [-0.2, 0) is 0 Å². The minimum atomic E-state index is -0.345. The van der Waals surface area contributed by atoms with E-state index in [9.17, 15) is 14.9 Å². The van der Waals surface area contributed by atoms with E-state index in [2.05, 4.69) is 23.4 Å². The van der Waals surface area contributed by atoms with Crippen molar-refractivity contribution in [2.45, 2.75) is 38.6 Å². The lowest BCUT2D eigenvalue weighted by molar-refractivity contribution is -0.384. The second-order valence-corrected chi connectivity index (χ2v) is 7.73. The highest BCUT2D eigenvalue weighted by molar-refractivity contribution is 5.87. The minimum absolute atomic E-state index is 0.0595. The Labute approximate surface area is 164 Å². The van der Waals surface area contributed by atoms with Crippen molar-refractivity contribution in [2.75, 3.05) is 38.2 Å². The molecule has 1 aliphatic carbocycles. The number of fused-ring (bicyclic) bond motifs is 2. The number of anilines is 1. The lowest BCUT2D eigenvalue weighted by Crippen LogP contribution is -2.49. The summed E-state index contributed by atoms with van der Waals surface area (Å²) in [5, 5.41) is 13.4. The molecule has 0 spiro atoms. The predicted octanol–water partition coefficient (Wildman–Crippen LogP) is 2.96. The fourth-order valence-electron chi connectivity index (χ4n) is 4.91. The standard InChI is InChI=1S/C20H27N5O3/c1-4-23(5-2)20(26)21-24-12-13-11-17-14(7-6-10-22(17)3)15-8-9-16(25(27)28)19(24)18(13)15/h7-9,13,17H,4-6,10-12H2,1-3H3,(H,21,26)/t13?,17-/m1/s1. The van der Waals surface area contributed by atoms with Crippen molar-refractivity contribution >= 4 is 23.0 Å². The molecular formula is C20H27N5O3. The average Bonchev–Trinajstić information content (AvgIpc) is 3.02. The lowest BCUT2D eigenvalue weighted by atomic mass is 9.76. The second-order valence-electron chi connectivity index (χ2n) is 7.73. The highest BCUT2D eigenvalue weighted by Gasteiger charge is 2.44. The SMILES string of the molecule is CCN(CC)C(=O)NN1CC2C[C@@H]3C(=CCCN3C)c3ccc([N+](=O)[O-])c1c32. The molecule has 28 heavy (non-hydrogen) atoms. The predicted molar refractivity (Wildman–Crippen MR) is 108 cm³/mol. The van der Waals surface area contributed by atoms with Gasteiger partial charge in [-0.3, -0.25) is 20.0 Å². The average molecular weight is 385 g/mol. The molecule has 1 aromatic rings. The van der Waals surface area contributed by atoms with Gasteiger partial charge in [-0.15, -0.1) is 0 Å². The van der Waals surface area contributed by atoms with Crippen molar-refractivity contribution in [1.82, 2.24) is 15.2 Å². The van der Waals surface area contributed by atoms with Gasteiger partial charge in [-0.05, 0) is 56.5 Å². The molecule has 0 radical (unpaired) electrons. The summed E-state index contributed by atoms with van der Waals surface area (Å²) in [6, 6.07) is 3.60. The van der Waals surface area contributed by atoms with Gasteiger partial charge in [0.1, 0.15) is 5.69 Å². The number of hydrogen-bond donors (Lipinski definition) is 1. The molecule has 2 amide bonds. The van der Waals surface area contributed by atoms with Crippen LogP contribution in [0.15, 0.2) is 18.2 Å². The molecule has 150 valence electrons. The first kappa shape index (κ1) is 18.7. The molecule has 1 unspecified atom stereocenters. The van der Waals surface area contributed by atoms with Gasteiger partial charge < -0.3 is 4.90 Å². The van der Waals surface area contributed by atoms with Gasteiger partial charge in [0, 0.05) is 44.2 Å². The largest absolute Gasteiger partial charge is 0.336 e. The number of carbonyl (C=O) groups excluding carboxylic acids is 1. The molecule has 0 bridgehead atoms. The number of rotatable bonds is 4. The van der Waals surface area contributed by atoms with Gasteiger partial charge in [-0.1, -0.05) is 6.08 Å². The molecule has 8 heteroatoms. The number of nitro benzene ring substituents is 1. The van der Waals surface area contributed by atoms with E-state index in [4.69, 9.17) is 0 Å². The maximum Gasteiger partial charge on any atom is 0.336 e. The Morgan fingerprint density at radius 2 is 2.11 bits per heavy atom. The maximum atomic E-state index is 12.6. The summed E-state index contributed by atoms with van der Waals surface area (Å²) < 4.78 is 0. The third-order valence-electron chi connectivity index (χ3n) is 6.31. The zero-order chi connectivity index (χ0) is 20.0. The fraction of sp³-hybridized carbons (Fsp3) is 0.550. The van der Waals surface area contributed by atoms with Crippen molar-refractivity contribution in [3.8, 4) is 0 Å². The zero-order valence-corrected chi connectivity index (χ0v) is 16.6. The quantitative estimate of drug-likeness (QED) is 0.637. The molecule has 1 aromatic carbocycles. The van der Waals surface area contributed by atoms with Gasteiger partial charge >= 0.3 is 6.03 Å². The van der Waals surface area contributed by atoms with Gasteiger partial charge in [0.25, 0.3) is 5.69 Å². The lowest BCUT2D eigenvalue weighted by Gasteiger charge is -2.39. The van der Waals surface area contributed by atoms with Crippen LogP contribution < -0.4 is 10.4 Å². The van der Waals surface area contributed by atoms with Crippen LogP contribution in [0, 0.1) is 10.1 Å². The van der Waals surface area contributed by atoms with E-state index in [0.717, 1.165) is 30.5 Å². The summed E-state index contributed by atoms with van der Waals surface area (Å²) in [4.78, 5) is 28.1. The molecule has 3 aliphatic rings. The van der Waals surface area contributed by atoms with Crippen LogP contribution >= 0.6 is 0 Å². The molecule has 2 aliphatic heterocycles. The van der Waals surface area contributed by atoms with Crippen LogP contribution in [0.2, 0.25) is 0 Å². The van der Waals surface area contributed by atoms with Gasteiger partial charge in [-0.2, -0.15) is 0 Å². The zero-order valence-electron chi connectivity index (χ0n) is 16.6. The monoisotopic (exact) mass is 385 g/mol. The van der Waals surface area contributed by atoms with Gasteiger partial charge in [-0.25, -0.2) is 10.2 Å². The third kappa shape index (κ3) is 2.83. The summed E-state index contributed by atoms with van der Waals surface area (Å²) in [6.07, 6.45) is 4.18. The molecule has 1 N–H and O–H groups in total. The number of likely N-dealkylation sites (N-methyl/N-ethyl adjacent to an activating group) is 1. The highest BCUT2D eigenvalue weighted by Crippen LogP contribution is 2.52. The van der Waals surface area contributed by atoms with E-state index in [-0.39, 0.29) is 22.6 Å². The van der Waals surface area contributed by atoms with Crippen molar-refractivity contribution in [2.24, 2.45) is 0 Å². The van der Waals surface area contributed by atoms with E-state index >= 15 is 0 Å². The molecule has 8 nitrogen and oxygen atoms in total. The Kier molecular flexibility index (Phi) is 4.74. The van der Waals surface area contributed by atoms with E-state index in [1.165, 1.54) is 5.57 Å². The van der Waals surface area contributed by atoms with E-state index < -0.39 is 0 Å². The highest BCUT2D eigenvalue weighted by atomic mass is 16.6. The van der Waals surface area contributed by atoms with E-state index in [0.29, 0.717) is 31.4 Å². The summed E-state index contributed by atoms with van der Waals surface area (Å²) in [7, 11) is 2.14. The number of amides is 2. The Hall–Kier alpha value is -2.61. The second kappa shape index (κ2) is 7.09. The first-order valence-electron chi connectivity index (χ1n) is 10.0. The van der Waals surface area contributed by atoms with Crippen LogP contribution in [-0.4, -0.2) is 60.0 Å². The van der Waals surface area contributed by atoms with Gasteiger partial charge in [0.05, 0.1) is 4.92 Å². The Morgan fingerprint density at radius 3 is 2.79 bits per heavy atom. The van der Waals surface area contributed by atoms with Crippen molar-refractivity contribution < 1.29 is 9.72 Å². The maximum absolute atomic E-state index is 12.6. The van der Waals surface area contributed by atoms with Crippen LogP contribution in [0.1, 0.15) is 43.7 Å². The molecule has 0 saturated heterocycles. The smallest absolute Gasteiger partial charge is 0.324 e. The van der Waals surface area contributed by atoms with Crippen molar-refractivity contribution in [3.05, 3.63) is 39.4 Å². The number of urea groups is 1. The number of nitro groups is 1. The molecule has 2 heterocycles. The molecule has 0 saturated carbocycles.